The van der Waals surface area contributed by atoms with Crippen LogP contribution in [0.4, 0.5) is 4.39 Å². The van der Waals surface area contributed by atoms with Gasteiger partial charge in [0.25, 0.3) is 5.56 Å². The molecule has 1 amide bonds. The lowest BCUT2D eigenvalue weighted by atomic mass is 10.1. The number of hydrogen-bond acceptors (Lipinski definition) is 5. The summed E-state index contributed by atoms with van der Waals surface area (Å²) in [5.74, 6) is -0.428. The maximum atomic E-state index is 13.4. The number of fused-ring (bicyclic) bond motifs is 1. The molecule has 176 valence electrons. The van der Waals surface area contributed by atoms with Crippen LogP contribution in [0.25, 0.3) is 11.0 Å². The fraction of sp³-hybridized carbons (Fsp3) is 0.280. The summed E-state index contributed by atoms with van der Waals surface area (Å²) in [6, 6.07) is 14.1. The second kappa shape index (κ2) is 10.6. The molecule has 0 bridgehead atoms. The molecule has 0 radical (unpaired) electrons. The Morgan fingerprint density at radius 1 is 1.15 bits per heavy atom. The van der Waals surface area contributed by atoms with Gasteiger partial charge in [0.05, 0.1) is 25.7 Å². The molecule has 0 aliphatic carbocycles. The van der Waals surface area contributed by atoms with E-state index >= 15 is 0 Å². The molecule has 0 aliphatic heterocycles. The standard InChI is InChI=1S/C25H26FN5O2S/c1-17(2)34-21-8-6-18(7-9-21)13-23(32)27-10-11-31-24-22(14-29-31)25(33)30(16-28-24)15-19-4-3-5-20(26)12-19/h3-9,12,14,16-17H,10-11,13,15H2,1-2H3,(H,27,32). The first-order valence-corrected chi connectivity index (χ1v) is 11.9. The van der Waals surface area contributed by atoms with E-state index in [1.54, 1.807) is 28.6 Å². The summed E-state index contributed by atoms with van der Waals surface area (Å²) in [5.41, 5.74) is 1.83. The fourth-order valence-corrected chi connectivity index (χ4v) is 4.45. The van der Waals surface area contributed by atoms with E-state index in [0.29, 0.717) is 41.4 Å². The molecule has 0 saturated carbocycles. The van der Waals surface area contributed by atoms with Crippen LogP contribution in [-0.2, 0) is 24.3 Å². The van der Waals surface area contributed by atoms with E-state index in [9.17, 15) is 14.0 Å². The summed E-state index contributed by atoms with van der Waals surface area (Å²) < 4.78 is 16.5. The first-order valence-electron chi connectivity index (χ1n) is 11.1. The molecule has 2 heterocycles. The van der Waals surface area contributed by atoms with Crippen LogP contribution in [0.15, 0.2) is 70.7 Å². The molecule has 0 atom stereocenters. The smallest absolute Gasteiger partial charge is 0.264 e. The highest BCUT2D eigenvalue weighted by Crippen LogP contribution is 2.23. The molecule has 2 aromatic carbocycles. The molecule has 34 heavy (non-hydrogen) atoms. The number of benzene rings is 2. The van der Waals surface area contributed by atoms with Crippen molar-refractivity contribution in [2.24, 2.45) is 0 Å². The van der Waals surface area contributed by atoms with Gasteiger partial charge in [-0.1, -0.05) is 38.1 Å². The third-order valence-electron chi connectivity index (χ3n) is 5.17. The molecule has 4 aromatic rings. The third-order valence-corrected chi connectivity index (χ3v) is 6.19. The number of carbonyl (C=O) groups excluding carboxylic acids is 1. The first kappa shape index (κ1) is 23.7. The largest absolute Gasteiger partial charge is 0.354 e. The normalized spacial score (nSPS) is 11.3. The summed E-state index contributed by atoms with van der Waals surface area (Å²) in [6.07, 6.45) is 3.22. The summed E-state index contributed by atoms with van der Waals surface area (Å²) in [6.45, 7) is 5.27. The van der Waals surface area contributed by atoms with Crippen molar-refractivity contribution < 1.29 is 9.18 Å². The lowest BCUT2D eigenvalue weighted by molar-refractivity contribution is -0.120. The van der Waals surface area contributed by atoms with Crippen LogP contribution in [-0.4, -0.2) is 37.0 Å². The third kappa shape index (κ3) is 5.91. The van der Waals surface area contributed by atoms with Crippen LogP contribution in [0.1, 0.15) is 25.0 Å². The number of carbonyl (C=O) groups is 1. The van der Waals surface area contributed by atoms with Gasteiger partial charge in [-0.3, -0.25) is 14.2 Å². The van der Waals surface area contributed by atoms with Crippen LogP contribution in [0.2, 0.25) is 0 Å². The van der Waals surface area contributed by atoms with E-state index in [0.717, 1.165) is 5.56 Å². The van der Waals surface area contributed by atoms with E-state index < -0.39 is 0 Å². The molecule has 0 saturated heterocycles. The van der Waals surface area contributed by atoms with Gasteiger partial charge in [0.2, 0.25) is 5.91 Å². The molecule has 0 fully saturated rings. The van der Waals surface area contributed by atoms with E-state index in [4.69, 9.17) is 0 Å². The lowest BCUT2D eigenvalue weighted by Crippen LogP contribution is -2.29. The monoisotopic (exact) mass is 479 g/mol. The maximum Gasteiger partial charge on any atom is 0.264 e. The van der Waals surface area contributed by atoms with E-state index in [1.165, 1.54) is 34.1 Å². The SMILES string of the molecule is CC(C)Sc1ccc(CC(=O)NCCn2ncc3c(=O)n(Cc4cccc(F)c4)cnc32)cc1. The minimum atomic E-state index is -0.350. The van der Waals surface area contributed by atoms with Gasteiger partial charge in [-0.15, -0.1) is 11.8 Å². The minimum absolute atomic E-state index is 0.0777. The number of amides is 1. The van der Waals surface area contributed by atoms with Crippen molar-refractivity contribution in [1.82, 2.24) is 24.6 Å². The van der Waals surface area contributed by atoms with E-state index in [1.807, 2.05) is 24.3 Å². The highest BCUT2D eigenvalue weighted by molar-refractivity contribution is 7.99. The van der Waals surface area contributed by atoms with Crippen LogP contribution in [0, 0.1) is 5.82 Å². The molecule has 9 heteroatoms. The molecule has 4 rings (SSSR count). The number of thioether (sulfide) groups is 1. The van der Waals surface area contributed by atoms with Crippen LogP contribution in [0.5, 0.6) is 0 Å². The van der Waals surface area contributed by atoms with Gasteiger partial charge in [-0.25, -0.2) is 14.1 Å². The Bertz CT molecular complexity index is 1350. The highest BCUT2D eigenvalue weighted by Gasteiger charge is 2.11. The molecular formula is C25H26FN5O2S. The predicted octanol–water partition coefficient (Wildman–Crippen LogP) is 3.64. The average molecular weight is 480 g/mol. The predicted molar refractivity (Wildman–Crippen MR) is 131 cm³/mol. The van der Waals surface area contributed by atoms with Crippen molar-refractivity contribution in [1.29, 1.82) is 0 Å². The Balaban J connectivity index is 1.34. The molecule has 0 spiro atoms. The Hall–Kier alpha value is -3.46. The molecule has 0 unspecified atom stereocenters. The number of hydrogen-bond donors (Lipinski definition) is 1. The Labute approximate surface area is 201 Å². The summed E-state index contributed by atoms with van der Waals surface area (Å²) >= 11 is 1.79. The lowest BCUT2D eigenvalue weighted by Gasteiger charge is -2.08. The van der Waals surface area contributed by atoms with Crippen molar-refractivity contribution in [3.63, 3.8) is 0 Å². The number of nitrogens with zero attached hydrogens (tertiary/aromatic N) is 4. The molecular weight excluding hydrogens is 453 g/mol. The van der Waals surface area contributed by atoms with Gasteiger partial charge >= 0.3 is 0 Å². The van der Waals surface area contributed by atoms with E-state index in [-0.39, 0.29) is 23.8 Å². The topological polar surface area (TPSA) is 81.8 Å². The summed E-state index contributed by atoms with van der Waals surface area (Å²) in [4.78, 5) is 30.7. The number of aromatic nitrogens is 4. The molecule has 7 nitrogen and oxygen atoms in total. The second-order valence-electron chi connectivity index (χ2n) is 8.25. The van der Waals surface area contributed by atoms with E-state index in [2.05, 4.69) is 29.2 Å². The van der Waals surface area contributed by atoms with Gasteiger partial charge < -0.3 is 5.32 Å². The maximum absolute atomic E-state index is 13.4. The highest BCUT2D eigenvalue weighted by atomic mass is 32.2. The van der Waals surface area contributed by atoms with Crippen molar-refractivity contribution in [2.45, 2.75) is 43.5 Å². The Morgan fingerprint density at radius 2 is 1.94 bits per heavy atom. The fourth-order valence-electron chi connectivity index (χ4n) is 3.61. The summed E-state index contributed by atoms with van der Waals surface area (Å²) in [7, 11) is 0. The first-order chi connectivity index (χ1) is 16.4. The zero-order valence-corrected chi connectivity index (χ0v) is 19.9. The van der Waals surface area contributed by atoms with Crippen LogP contribution >= 0.6 is 11.8 Å². The van der Waals surface area contributed by atoms with Gasteiger partial charge in [0.15, 0.2) is 5.65 Å². The molecule has 0 aliphatic rings. The van der Waals surface area contributed by atoms with Crippen LogP contribution in [0.3, 0.4) is 0 Å². The Morgan fingerprint density at radius 3 is 2.68 bits per heavy atom. The van der Waals surface area contributed by atoms with Crippen molar-refractivity contribution in [2.75, 3.05) is 6.54 Å². The summed E-state index contributed by atoms with van der Waals surface area (Å²) in [5, 5.41) is 8.04. The number of nitrogens with one attached hydrogen (secondary N) is 1. The molecule has 2 aromatic heterocycles. The van der Waals surface area contributed by atoms with Gasteiger partial charge in [-0.05, 0) is 35.4 Å². The second-order valence-corrected chi connectivity index (χ2v) is 9.90. The zero-order chi connectivity index (χ0) is 24.1. The van der Waals surface area contributed by atoms with Gasteiger partial charge in [-0.2, -0.15) is 5.10 Å². The van der Waals surface area contributed by atoms with Gasteiger partial charge in [0, 0.05) is 16.7 Å². The minimum Gasteiger partial charge on any atom is -0.354 e. The Kier molecular flexibility index (Phi) is 7.42. The van der Waals surface area contributed by atoms with Crippen molar-refractivity contribution >= 4 is 28.7 Å². The average Bonchev–Trinajstić information content (AvgIpc) is 3.20. The molecule has 1 N–H and O–H groups in total. The quantitative estimate of drug-likeness (QED) is 0.371. The number of rotatable bonds is 9. The number of halogens is 1. The van der Waals surface area contributed by atoms with Gasteiger partial charge in [0.1, 0.15) is 17.5 Å². The van der Waals surface area contributed by atoms with Crippen LogP contribution < -0.4 is 10.9 Å². The zero-order valence-electron chi connectivity index (χ0n) is 19.1. The van der Waals surface area contributed by atoms with Crippen molar-refractivity contribution in [3.05, 3.63) is 88.4 Å². The van der Waals surface area contributed by atoms with Crippen molar-refractivity contribution in [3.8, 4) is 0 Å².